The van der Waals surface area contributed by atoms with Crippen molar-refractivity contribution in [2.75, 3.05) is 10.7 Å². The monoisotopic (exact) mass is 387 g/mol. The second-order valence-electron chi connectivity index (χ2n) is 3.80. The number of benzene rings is 2. The van der Waals surface area contributed by atoms with Crippen LogP contribution in [0.25, 0.3) is 0 Å². The summed E-state index contributed by atoms with van der Waals surface area (Å²) in [5, 5.41) is 3.28. The molecule has 0 aliphatic heterocycles. The maximum atomic E-state index is 12.2. The molecule has 0 radical (unpaired) electrons. The van der Waals surface area contributed by atoms with Gasteiger partial charge in [-0.05, 0) is 59.0 Å². The second-order valence-corrected chi connectivity index (χ2v) is 5.48. The number of carbonyl (C=O) groups is 1. The van der Waals surface area contributed by atoms with Crippen LogP contribution in [-0.4, -0.2) is 5.91 Å². The largest absolute Gasteiger partial charge is 0.323 e. The van der Waals surface area contributed by atoms with Crippen LogP contribution in [0.2, 0.25) is 5.02 Å². The minimum Gasteiger partial charge on any atom is -0.323 e. The van der Waals surface area contributed by atoms with Crippen LogP contribution in [0.15, 0.2) is 42.5 Å². The van der Waals surface area contributed by atoms with Gasteiger partial charge in [-0.25, -0.2) is 0 Å². The third-order valence-corrected chi connectivity index (χ3v) is 3.37. The van der Waals surface area contributed by atoms with Crippen molar-refractivity contribution < 1.29 is 4.79 Å². The number of hydrazine groups is 1. The fourth-order valence-electron chi connectivity index (χ4n) is 1.59. The van der Waals surface area contributed by atoms with Crippen molar-refractivity contribution in [3.05, 3.63) is 56.6 Å². The molecule has 19 heavy (non-hydrogen) atoms. The third kappa shape index (κ3) is 3.59. The predicted molar refractivity (Wildman–Crippen MR) is 86.4 cm³/mol. The molecular formula is C13H11ClIN3O. The van der Waals surface area contributed by atoms with E-state index in [4.69, 9.17) is 17.4 Å². The standard InChI is InChI=1S/C13H11ClIN3O/c14-8-4-5-12(18-16)11(6-8)13(19)17-10-3-1-2-9(15)7-10/h1-7,18H,16H2,(H,17,19). The van der Waals surface area contributed by atoms with E-state index in [1.165, 1.54) is 0 Å². The second kappa shape index (κ2) is 6.23. The number of carbonyl (C=O) groups excluding carboxylic acids is 1. The number of anilines is 2. The van der Waals surface area contributed by atoms with Crippen LogP contribution in [-0.2, 0) is 0 Å². The number of halogens is 2. The molecule has 6 heteroatoms. The number of nitrogen functional groups attached to an aromatic ring is 1. The van der Waals surface area contributed by atoms with Crippen molar-refractivity contribution in [2.24, 2.45) is 5.84 Å². The van der Waals surface area contributed by atoms with E-state index >= 15 is 0 Å². The van der Waals surface area contributed by atoms with Crippen molar-refractivity contribution in [3.63, 3.8) is 0 Å². The molecule has 0 saturated heterocycles. The molecule has 98 valence electrons. The Morgan fingerprint density at radius 2 is 2.00 bits per heavy atom. The first-order chi connectivity index (χ1) is 9.10. The van der Waals surface area contributed by atoms with Crippen molar-refractivity contribution in [1.82, 2.24) is 0 Å². The van der Waals surface area contributed by atoms with Crippen LogP contribution >= 0.6 is 34.2 Å². The van der Waals surface area contributed by atoms with Gasteiger partial charge in [-0.1, -0.05) is 17.7 Å². The maximum Gasteiger partial charge on any atom is 0.257 e. The summed E-state index contributed by atoms with van der Waals surface area (Å²) in [6.45, 7) is 0. The normalized spacial score (nSPS) is 10.1. The van der Waals surface area contributed by atoms with E-state index < -0.39 is 0 Å². The maximum absolute atomic E-state index is 12.2. The lowest BCUT2D eigenvalue weighted by Gasteiger charge is -2.10. The van der Waals surface area contributed by atoms with Gasteiger partial charge in [0.2, 0.25) is 0 Å². The summed E-state index contributed by atoms with van der Waals surface area (Å²) in [6.07, 6.45) is 0. The van der Waals surface area contributed by atoms with Crippen LogP contribution in [0.1, 0.15) is 10.4 Å². The summed E-state index contributed by atoms with van der Waals surface area (Å²) in [5.74, 6) is 5.12. The first-order valence-electron chi connectivity index (χ1n) is 5.43. The zero-order valence-electron chi connectivity index (χ0n) is 9.78. The van der Waals surface area contributed by atoms with Gasteiger partial charge in [-0.2, -0.15) is 0 Å². The Balaban J connectivity index is 2.27. The van der Waals surface area contributed by atoms with Crippen LogP contribution in [0.5, 0.6) is 0 Å². The number of nitrogens with one attached hydrogen (secondary N) is 2. The summed E-state index contributed by atoms with van der Waals surface area (Å²) in [5.41, 5.74) is 4.12. The molecule has 4 N–H and O–H groups in total. The highest BCUT2D eigenvalue weighted by Crippen LogP contribution is 2.21. The number of nitrogens with two attached hydrogens (primary N) is 1. The molecule has 0 fully saturated rings. The van der Waals surface area contributed by atoms with E-state index in [0.29, 0.717) is 16.3 Å². The lowest BCUT2D eigenvalue weighted by molar-refractivity contribution is 0.102. The molecule has 0 saturated carbocycles. The lowest BCUT2D eigenvalue weighted by Crippen LogP contribution is -2.17. The van der Waals surface area contributed by atoms with E-state index in [1.807, 2.05) is 24.3 Å². The topological polar surface area (TPSA) is 67.1 Å². The molecule has 0 spiro atoms. The summed E-state index contributed by atoms with van der Waals surface area (Å²) in [7, 11) is 0. The molecule has 0 heterocycles. The minimum atomic E-state index is -0.266. The van der Waals surface area contributed by atoms with Gasteiger partial charge in [0.05, 0.1) is 11.3 Å². The van der Waals surface area contributed by atoms with Crippen molar-refractivity contribution >= 4 is 51.5 Å². The molecule has 1 amide bonds. The van der Waals surface area contributed by atoms with Crippen LogP contribution < -0.4 is 16.6 Å². The van der Waals surface area contributed by atoms with Gasteiger partial charge < -0.3 is 10.7 Å². The van der Waals surface area contributed by atoms with Gasteiger partial charge in [-0.15, -0.1) is 0 Å². The third-order valence-electron chi connectivity index (χ3n) is 2.46. The van der Waals surface area contributed by atoms with Crippen molar-refractivity contribution in [2.45, 2.75) is 0 Å². The molecule has 0 atom stereocenters. The number of rotatable bonds is 3. The predicted octanol–water partition coefficient (Wildman–Crippen LogP) is 3.48. The molecule has 0 aliphatic rings. The number of amides is 1. The fourth-order valence-corrected chi connectivity index (χ4v) is 2.31. The Morgan fingerprint density at radius 3 is 2.68 bits per heavy atom. The smallest absolute Gasteiger partial charge is 0.257 e. The lowest BCUT2D eigenvalue weighted by atomic mass is 10.1. The van der Waals surface area contributed by atoms with Crippen molar-refractivity contribution in [3.8, 4) is 0 Å². The first-order valence-corrected chi connectivity index (χ1v) is 6.89. The highest BCUT2D eigenvalue weighted by atomic mass is 127. The Bertz CT molecular complexity index is 619. The summed E-state index contributed by atoms with van der Waals surface area (Å²) < 4.78 is 1.04. The highest BCUT2D eigenvalue weighted by Gasteiger charge is 2.12. The van der Waals surface area contributed by atoms with E-state index in [1.54, 1.807) is 18.2 Å². The first kappa shape index (κ1) is 14.1. The Hall–Kier alpha value is -1.31. The zero-order chi connectivity index (χ0) is 13.8. The zero-order valence-corrected chi connectivity index (χ0v) is 12.7. The average molecular weight is 388 g/mol. The Labute approximate surface area is 129 Å². The van der Waals surface area contributed by atoms with Crippen LogP contribution in [0, 0.1) is 3.57 Å². The quantitative estimate of drug-likeness (QED) is 0.429. The van der Waals surface area contributed by atoms with Gasteiger partial charge in [0, 0.05) is 14.3 Å². The van der Waals surface area contributed by atoms with Crippen LogP contribution in [0.4, 0.5) is 11.4 Å². The molecular weight excluding hydrogens is 377 g/mol. The molecule has 2 rings (SSSR count). The van der Waals surface area contributed by atoms with Gasteiger partial charge in [0.1, 0.15) is 0 Å². The highest BCUT2D eigenvalue weighted by molar-refractivity contribution is 14.1. The van der Waals surface area contributed by atoms with Gasteiger partial charge in [0.15, 0.2) is 0 Å². The Kier molecular flexibility index (Phi) is 4.62. The average Bonchev–Trinajstić information content (AvgIpc) is 2.38. The van der Waals surface area contributed by atoms with E-state index in [9.17, 15) is 4.79 Å². The van der Waals surface area contributed by atoms with E-state index in [-0.39, 0.29) is 5.91 Å². The molecule has 4 nitrogen and oxygen atoms in total. The number of hydrogen-bond donors (Lipinski definition) is 3. The molecule has 0 unspecified atom stereocenters. The summed E-state index contributed by atoms with van der Waals surface area (Å²) in [4.78, 5) is 12.2. The van der Waals surface area contributed by atoms with E-state index in [0.717, 1.165) is 9.26 Å². The van der Waals surface area contributed by atoms with Gasteiger partial charge >= 0.3 is 0 Å². The SMILES string of the molecule is NNc1ccc(Cl)cc1C(=O)Nc1cccc(I)c1. The molecule has 0 aliphatic carbocycles. The fraction of sp³-hybridized carbons (Fsp3) is 0. The Morgan fingerprint density at radius 1 is 1.21 bits per heavy atom. The number of hydrogen-bond acceptors (Lipinski definition) is 3. The van der Waals surface area contributed by atoms with Crippen LogP contribution in [0.3, 0.4) is 0 Å². The van der Waals surface area contributed by atoms with Gasteiger partial charge in [0.25, 0.3) is 5.91 Å². The molecule has 2 aromatic carbocycles. The summed E-state index contributed by atoms with van der Waals surface area (Å²) in [6, 6.07) is 12.4. The minimum absolute atomic E-state index is 0.266. The molecule has 2 aromatic rings. The molecule has 0 aromatic heterocycles. The molecule has 0 bridgehead atoms. The van der Waals surface area contributed by atoms with E-state index in [2.05, 4.69) is 33.3 Å². The van der Waals surface area contributed by atoms with Crippen molar-refractivity contribution in [1.29, 1.82) is 0 Å². The van der Waals surface area contributed by atoms with Gasteiger partial charge in [-0.3, -0.25) is 10.6 Å². The summed E-state index contributed by atoms with van der Waals surface area (Å²) >= 11 is 8.08.